The van der Waals surface area contributed by atoms with Crippen LogP contribution in [0.3, 0.4) is 0 Å². The van der Waals surface area contributed by atoms with Gasteiger partial charge in [0.15, 0.2) is 0 Å². The van der Waals surface area contributed by atoms with E-state index in [2.05, 4.69) is 34.6 Å². The van der Waals surface area contributed by atoms with E-state index in [4.69, 9.17) is 3.32 Å². The molecule has 4 heteroatoms. The van der Waals surface area contributed by atoms with Crippen LogP contribution >= 0.6 is 0 Å². The SMILES string of the molecule is Cc1c(C)c(C)c([O][Ti+2])c(C)c1C.[Cl-].[Cl-]. The van der Waals surface area contributed by atoms with Gasteiger partial charge in [0.2, 0.25) is 0 Å². The van der Waals surface area contributed by atoms with E-state index in [1.54, 1.807) is 20.8 Å². The fourth-order valence-electron chi connectivity index (χ4n) is 1.62. The molecule has 0 spiro atoms. The summed E-state index contributed by atoms with van der Waals surface area (Å²) in [6, 6.07) is 0. The first-order valence-corrected chi connectivity index (χ1v) is 5.05. The predicted molar refractivity (Wildman–Crippen MR) is 50.8 cm³/mol. The van der Waals surface area contributed by atoms with Gasteiger partial charge in [0.1, 0.15) is 0 Å². The molecule has 0 aromatic heterocycles. The summed E-state index contributed by atoms with van der Waals surface area (Å²) >= 11 is 1.74. The first kappa shape index (κ1) is 17.7. The number of hydrogen-bond acceptors (Lipinski definition) is 1. The van der Waals surface area contributed by atoms with Crippen LogP contribution in [0.2, 0.25) is 0 Å². The first-order valence-electron chi connectivity index (χ1n) is 4.41. The molecule has 0 amide bonds. The van der Waals surface area contributed by atoms with E-state index in [0.717, 1.165) is 5.75 Å². The molecule has 1 aromatic rings. The minimum absolute atomic E-state index is 0. The van der Waals surface area contributed by atoms with E-state index in [0.29, 0.717) is 0 Å². The van der Waals surface area contributed by atoms with Crippen LogP contribution < -0.4 is 28.1 Å². The minimum atomic E-state index is 0. The average Bonchev–Trinajstić information content (AvgIpc) is 2.13. The van der Waals surface area contributed by atoms with Crippen LogP contribution in [0.5, 0.6) is 5.75 Å². The summed E-state index contributed by atoms with van der Waals surface area (Å²) in [6.45, 7) is 10.7. The van der Waals surface area contributed by atoms with Gasteiger partial charge in [-0.25, -0.2) is 0 Å². The van der Waals surface area contributed by atoms with Crippen molar-refractivity contribution in [2.45, 2.75) is 34.6 Å². The Morgan fingerprint density at radius 1 is 0.667 bits per heavy atom. The zero-order valence-corrected chi connectivity index (χ0v) is 12.7. The molecule has 1 rings (SSSR count). The largest absolute Gasteiger partial charge is 1.00 e. The van der Waals surface area contributed by atoms with Gasteiger partial charge in [-0.2, -0.15) is 0 Å². The molecule has 0 unspecified atom stereocenters. The fraction of sp³-hybridized carbons (Fsp3) is 0.455. The van der Waals surface area contributed by atoms with Gasteiger partial charge in [0.25, 0.3) is 0 Å². The van der Waals surface area contributed by atoms with Crippen molar-refractivity contribution in [1.29, 1.82) is 0 Å². The van der Waals surface area contributed by atoms with Crippen LogP contribution in [-0.2, 0) is 20.8 Å². The Hall–Kier alpha value is 0.314. The van der Waals surface area contributed by atoms with E-state index >= 15 is 0 Å². The second-order valence-electron chi connectivity index (χ2n) is 3.56. The van der Waals surface area contributed by atoms with Crippen LogP contribution in [0.25, 0.3) is 0 Å². The summed E-state index contributed by atoms with van der Waals surface area (Å²) in [4.78, 5) is 0. The van der Waals surface area contributed by atoms with Gasteiger partial charge < -0.3 is 24.8 Å². The average molecular weight is 282 g/mol. The predicted octanol–water partition coefficient (Wildman–Crippen LogP) is -2.92. The molecule has 1 nitrogen and oxygen atoms in total. The Bertz CT molecular complexity index is 322. The molecular weight excluding hydrogens is 267 g/mol. The fourth-order valence-corrected chi connectivity index (χ4v) is 2.10. The molecule has 0 saturated carbocycles. The molecule has 0 fully saturated rings. The Labute approximate surface area is 117 Å². The normalized spacial score (nSPS) is 9.00. The van der Waals surface area contributed by atoms with E-state index < -0.39 is 0 Å². The molecule has 15 heavy (non-hydrogen) atoms. The van der Waals surface area contributed by atoms with Crippen molar-refractivity contribution in [2.24, 2.45) is 0 Å². The van der Waals surface area contributed by atoms with Gasteiger partial charge in [-0.3, -0.25) is 0 Å². The molecule has 0 radical (unpaired) electrons. The Kier molecular flexibility index (Phi) is 8.03. The Morgan fingerprint density at radius 3 is 1.20 bits per heavy atom. The van der Waals surface area contributed by atoms with Gasteiger partial charge in [-0.05, 0) is 0 Å². The summed E-state index contributed by atoms with van der Waals surface area (Å²) in [6.07, 6.45) is 0. The third-order valence-corrected chi connectivity index (χ3v) is 3.35. The van der Waals surface area contributed by atoms with Gasteiger partial charge in [0, 0.05) is 0 Å². The molecule has 0 aliphatic rings. The third-order valence-electron chi connectivity index (χ3n) is 3.03. The van der Waals surface area contributed by atoms with Gasteiger partial charge in [-0.1, -0.05) is 0 Å². The maximum Gasteiger partial charge on any atom is -1.00 e. The van der Waals surface area contributed by atoms with Crippen molar-refractivity contribution >= 4 is 0 Å². The molecule has 0 aliphatic carbocycles. The first-order chi connectivity index (χ1) is 6.00. The number of rotatable bonds is 1. The van der Waals surface area contributed by atoms with Crippen molar-refractivity contribution in [2.75, 3.05) is 0 Å². The second-order valence-corrected chi connectivity index (χ2v) is 3.87. The Morgan fingerprint density at radius 2 is 0.933 bits per heavy atom. The molecule has 0 aliphatic heterocycles. The van der Waals surface area contributed by atoms with Crippen molar-refractivity contribution in [3.8, 4) is 5.75 Å². The molecule has 0 atom stereocenters. The minimum Gasteiger partial charge on any atom is -1.00 e. The second kappa shape index (κ2) is 6.80. The zero-order valence-electron chi connectivity index (χ0n) is 9.66. The molecule has 83 valence electrons. The molecule has 0 saturated heterocycles. The van der Waals surface area contributed by atoms with Crippen molar-refractivity contribution in [3.63, 3.8) is 0 Å². The number of hydrogen-bond donors (Lipinski definition) is 0. The van der Waals surface area contributed by atoms with Crippen molar-refractivity contribution in [3.05, 3.63) is 27.8 Å². The molecule has 0 heterocycles. The molecule has 0 N–H and O–H groups in total. The standard InChI is InChI=1S/C11H16O.2ClH.Ti/c1-6-7(2)9(4)11(12)10(5)8(6)3;;;/h12H,1-5H3;2*1H;/q;;;+3/p-3. The summed E-state index contributed by atoms with van der Waals surface area (Å²) in [5, 5.41) is 0. The number of halogens is 2. The van der Waals surface area contributed by atoms with Crippen molar-refractivity contribution < 1.29 is 49.0 Å². The monoisotopic (exact) mass is 281 g/mol. The van der Waals surface area contributed by atoms with Gasteiger partial charge >= 0.3 is 92.3 Å². The van der Waals surface area contributed by atoms with Gasteiger partial charge in [-0.15, -0.1) is 0 Å². The summed E-state index contributed by atoms with van der Waals surface area (Å²) in [7, 11) is 0. The molecule has 1 aromatic carbocycles. The smallest absolute Gasteiger partial charge is 1.00 e. The maximum absolute atomic E-state index is 5.39. The topological polar surface area (TPSA) is 9.23 Å². The van der Waals surface area contributed by atoms with Crippen LogP contribution in [0.15, 0.2) is 0 Å². The van der Waals surface area contributed by atoms with Crippen LogP contribution in [-0.4, -0.2) is 0 Å². The Balaban J connectivity index is 0. The van der Waals surface area contributed by atoms with E-state index in [1.807, 2.05) is 0 Å². The summed E-state index contributed by atoms with van der Waals surface area (Å²) in [5.74, 6) is 1.04. The third kappa shape index (κ3) is 3.13. The quantitative estimate of drug-likeness (QED) is 0.501. The van der Waals surface area contributed by atoms with E-state index in [9.17, 15) is 0 Å². The van der Waals surface area contributed by atoms with Crippen LogP contribution in [0.4, 0.5) is 0 Å². The number of benzene rings is 1. The summed E-state index contributed by atoms with van der Waals surface area (Å²) in [5.41, 5.74) is 6.61. The van der Waals surface area contributed by atoms with E-state index in [-0.39, 0.29) is 24.8 Å². The van der Waals surface area contributed by atoms with Crippen LogP contribution in [0.1, 0.15) is 27.8 Å². The van der Waals surface area contributed by atoms with Crippen molar-refractivity contribution in [1.82, 2.24) is 0 Å². The van der Waals surface area contributed by atoms with Crippen LogP contribution in [0, 0.1) is 34.6 Å². The van der Waals surface area contributed by atoms with Gasteiger partial charge in [0.05, 0.1) is 0 Å². The maximum atomic E-state index is 5.39. The molecular formula is C11H15Cl2OTi. The molecule has 0 bridgehead atoms. The summed E-state index contributed by atoms with van der Waals surface area (Å²) < 4.78 is 5.39. The van der Waals surface area contributed by atoms with E-state index in [1.165, 1.54) is 27.8 Å². The zero-order chi connectivity index (χ0) is 10.2.